The zero-order chi connectivity index (χ0) is 19.6. The molecular formula is C18H20Cl2N6O. The fourth-order valence-electron chi connectivity index (χ4n) is 2.92. The van der Waals surface area contributed by atoms with E-state index in [4.69, 9.17) is 28.9 Å². The molecule has 7 nitrogen and oxygen atoms in total. The van der Waals surface area contributed by atoms with Gasteiger partial charge in [0.15, 0.2) is 0 Å². The van der Waals surface area contributed by atoms with Gasteiger partial charge in [-0.15, -0.1) is 5.10 Å². The van der Waals surface area contributed by atoms with Gasteiger partial charge in [-0.1, -0.05) is 29.3 Å². The van der Waals surface area contributed by atoms with Crippen molar-refractivity contribution in [1.82, 2.24) is 24.9 Å². The van der Waals surface area contributed by atoms with E-state index in [-0.39, 0.29) is 18.3 Å². The van der Waals surface area contributed by atoms with Crippen molar-refractivity contribution in [3.05, 3.63) is 50.8 Å². The summed E-state index contributed by atoms with van der Waals surface area (Å²) in [6.45, 7) is 4.30. The molecular weight excluding hydrogens is 387 g/mol. The summed E-state index contributed by atoms with van der Waals surface area (Å²) in [4.78, 5) is 20.7. The van der Waals surface area contributed by atoms with Crippen molar-refractivity contribution in [3.8, 4) is 0 Å². The van der Waals surface area contributed by atoms with Gasteiger partial charge in [0.25, 0.3) is 5.78 Å². The number of halogens is 2. The highest BCUT2D eigenvalue weighted by Gasteiger charge is 2.15. The predicted molar refractivity (Wildman–Crippen MR) is 106 cm³/mol. The predicted octanol–water partition coefficient (Wildman–Crippen LogP) is 2.92. The van der Waals surface area contributed by atoms with Crippen molar-refractivity contribution in [2.45, 2.75) is 33.1 Å². The van der Waals surface area contributed by atoms with Gasteiger partial charge < -0.3 is 11.1 Å². The summed E-state index contributed by atoms with van der Waals surface area (Å²) in [6, 6.07) is 5.57. The summed E-state index contributed by atoms with van der Waals surface area (Å²) in [5, 5.41) is 8.14. The summed E-state index contributed by atoms with van der Waals surface area (Å²) in [7, 11) is 0. The molecule has 3 rings (SSSR count). The number of amides is 1. The van der Waals surface area contributed by atoms with Crippen LogP contribution in [-0.2, 0) is 17.6 Å². The van der Waals surface area contributed by atoms with Crippen molar-refractivity contribution in [2.75, 3.05) is 12.3 Å². The quantitative estimate of drug-likeness (QED) is 0.613. The van der Waals surface area contributed by atoms with Crippen molar-refractivity contribution >= 4 is 40.8 Å². The highest BCUT2D eigenvalue weighted by atomic mass is 35.5. The van der Waals surface area contributed by atoms with Gasteiger partial charge in [-0.05, 0) is 44.4 Å². The molecule has 0 aliphatic heterocycles. The average Bonchev–Trinajstić information content (AvgIpc) is 2.99. The zero-order valence-electron chi connectivity index (χ0n) is 15.1. The van der Waals surface area contributed by atoms with E-state index in [0.717, 1.165) is 35.4 Å². The largest absolute Gasteiger partial charge is 0.366 e. The van der Waals surface area contributed by atoms with Crippen LogP contribution >= 0.6 is 23.2 Å². The van der Waals surface area contributed by atoms with Gasteiger partial charge in [0.1, 0.15) is 0 Å². The van der Waals surface area contributed by atoms with Gasteiger partial charge in [-0.3, -0.25) is 4.79 Å². The van der Waals surface area contributed by atoms with E-state index in [9.17, 15) is 4.79 Å². The Kier molecular flexibility index (Phi) is 5.82. The second-order valence-electron chi connectivity index (χ2n) is 6.32. The SMILES string of the molecule is Cc1nc2nc(N)nn2c(C)c1CC(=O)NCCCc1ccc(Cl)c(Cl)c1. The Bertz CT molecular complexity index is 1000. The normalized spacial score (nSPS) is 11.1. The number of nitrogens with zero attached hydrogens (tertiary/aromatic N) is 4. The number of carbonyl (C=O) groups is 1. The van der Waals surface area contributed by atoms with Crippen LogP contribution in [0.25, 0.3) is 5.78 Å². The van der Waals surface area contributed by atoms with Crippen LogP contribution in [0.5, 0.6) is 0 Å². The first-order valence-corrected chi connectivity index (χ1v) is 9.29. The van der Waals surface area contributed by atoms with E-state index in [2.05, 4.69) is 20.4 Å². The molecule has 0 fully saturated rings. The van der Waals surface area contributed by atoms with Crippen LogP contribution in [0.2, 0.25) is 10.0 Å². The molecule has 0 saturated heterocycles. The lowest BCUT2D eigenvalue weighted by Gasteiger charge is -2.11. The Morgan fingerprint density at radius 2 is 2.00 bits per heavy atom. The number of benzene rings is 1. The molecule has 0 atom stereocenters. The van der Waals surface area contributed by atoms with Crippen molar-refractivity contribution in [2.24, 2.45) is 0 Å². The number of nitrogens with one attached hydrogen (secondary N) is 1. The Morgan fingerprint density at radius 1 is 1.22 bits per heavy atom. The summed E-state index contributed by atoms with van der Waals surface area (Å²) in [5.41, 5.74) is 9.11. The van der Waals surface area contributed by atoms with Gasteiger partial charge in [0, 0.05) is 23.5 Å². The highest BCUT2D eigenvalue weighted by Crippen LogP contribution is 2.23. The van der Waals surface area contributed by atoms with Crippen LogP contribution < -0.4 is 11.1 Å². The van der Waals surface area contributed by atoms with Gasteiger partial charge in [-0.25, -0.2) is 4.98 Å². The van der Waals surface area contributed by atoms with Crippen LogP contribution in [-0.4, -0.2) is 32.0 Å². The molecule has 0 aliphatic rings. The molecule has 1 amide bonds. The number of carbonyl (C=O) groups excluding carboxylic acids is 1. The lowest BCUT2D eigenvalue weighted by molar-refractivity contribution is -0.120. The molecule has 1 aromatic carbocycles. The van der Waals surface area contributed by atoms with E-state index in [0.29, 0.717) is 22.4 Å². The second kappa shape index (κ2) is 8.10. The Morgan fingerprint density at radius 3 is 2.74 bits per heavy atom. The van der Waals surface area contributed by atoms with E-state index in [1.807, 2.05) is 26.0 Å². The highest BCUT2D eigenvalue weighted by molar-refractivity contribution is 6.42. The van der Waals surface area contributed by atoms with Gasteiger partial charge in [0.05, 0.1) is 16.5 Å². The molecule has 0 bridgehead atoms. The van der Waals surface area contributed by atoms with Crippen molar-refractivity contribution in [3.63, 3.8) is 0 Å². The third kappa shape index (κ3) is 4.48. The Hall–Kier alpha value is -2.38. The number of hydrogen-bond donors (Lipinski definition) is 2. The molecule has 3 aromatic rings. The molecule has 9 heteroatoms. The Balaban J connectivity index is 1.56. The fourth-order valence-corrected chi connectivity index (χ4v) is 3.24. The maximum absolute atomic E-state index is 12.3. The minimum absolute atomic E-state index is 0.0652. The smallest absolute Gasteiger partial charge is 0.254 e. The van der Waals surface area contributed by atoms with Gasteiger partial charge in [0.2, 0.25) is 11.9 Å². The lowest BCUT2D eigenvalue weighted by Crippen LogP contribution is -2.27. The van der Waals surface area contributed by atoms with E-state index < -0.39 is 0 Å². The maximum atomic E-state index is 12.3. The van der Waals surface area contributed by atoms with Crippen LogP contribution in [0.15, 0.2) is 18.2 Å². The molecule has 0 aliphatic carbocycles. The van der Waals surface area contributed by atoms with Crippen molar-refractivity contribution < 1.29 is 4.79 Å². The number of anilines is 1. The van der Waals surface area contributed by atoms with E-state index in [1.165, 1.54) is 0 Å². The van der Waals surface area contributed by atoms with Crippen LogP contribution in [0, 0.1) is 13.8 Å². The third-order valence-electron chi connectivity index (χ3n) is 4.35. The fraction of sp³-hybridized carbons (Fsp3) is 0.333. The number of fused-ring (bicyclic) bond motifs is 1. The second-order valence-corrected chi connectivity index (χ2v) is 7.14. The Labute approximate surface area is 166 Å². The minimum Gasteiger partial charge on any atom is -0.366 e. The average molecular weight is 407 g/mol. The third-order valence-corrected chi connectivity index (χ3v) is 5.09. The molecule has 3 N–H and O–H groups in total. The number of nitrogen functional groups attached to an aromatic ring is 1. The van der Waals surface area contributed by atoms with E-state index in [1.54, 1.807) is 10.6 Å². The number of rotatable bonds is 6. The van der Waals surface area contributed by atoms with E-state index >= 15 is 0 Å². The molecule has 0 saturated carbocycles. The maximum Gasteiger partial charge on any atom is 0.254 e. The minimum atomic E-state index is -0.0652. The van der Waals surface area contributed by atoms with Gasteiger partial charge >= 0.3 is 0 Å². The van der Waals surface area contributed by atoms with Gasteiger partial charge in [-0.2, -0.15) is 9.50 Å². The number of aromatic nitrogens is 4. The van der Waals surface area contributed by atoms with Crippen LogP contribution in [0.4, 0.5) is 5.95 Å². The first kappa shape index (κ1) is 19.4. The summed E-state index contributed by atoms with van der Waals surface area (Å²) in [6.07, 6.45) is 1.84. The lowest BCUT2D eigenvalue weighted by atomic mass is 10.1. The standard InChI is InChI=1S/C18H20Cl2N6O/c1-10-13(11(2)26-18(23-10)24-17(21)25-26)9-16(27)22-7-3-4-12-5-6-14(19)15(20)8-12/h5-6,8H,3-4,7,9H2,1-2H3,(H2,21,25)(H,22,27). The molecule has 2 aromatic heterocycles. The van der Waals surface area contributed by atoms with Crippen molar-refractivity contribution in [1.29, 1.82) is 0 Å². The van der Waals surface area contributed by atoms with Crippen LogP contribution in [0.1, 0.15) is 28.9 Å². The summed E-state index contributed by atoms with van der Waals surface area (Å²) in [5.74, 6) is 0.534. The number of nitrogens with two attached hydrogens (primary N) is 1. The summed E-state index contributed by atoms with van der Waals surface area (Å²) >= 11 is 11.9. The first-order valence-electron chi connectivity index (χ1n) is 8.54. The molecule has 27 heavy (non-hydrogen) atoms. The topological polar surface area (TPSA) is 98.2 Å². The number of hydrogen-bond acceptors (Lipinski definition) is 5. The zero-order valence-corrected chi connectivity index (χ0v) is 16.6. The van der Waals surface area contributed by atoms with Crippen LogP contribution in [0.3, 0.4) is 0 Å². The molecule has 2 heterocycles. The summed E-state index contributed by atoms with van der Waals surface area (Å²) < 4.78 is 1.56. The molecule has 0 spiro atoms. The molecule has 0 unspecified atom stereocenters. The first-order chi connectivity index (χ1) is 12.8. The monoisotopic (exact) mass is 406 g/mol. The molecule has 0 radical (unpaired) electrons. The number of aryl methyl sites for hydroxylation is 3. The molecule has 142 valence electrons.